The lowest BCUT2D eigenvalue weighted by atomic mass is 10.1. The molecule has 0 spiro atoms. The summed E-state index contributed by atoms with van der Waals surface area (Å²) in [4.78, 5) is 21.7. The topological polar surface area (TPSA) is 35.9 Å². The van der Waals surface area contributed by atoms with Crippen LogP contribution in [0.1, 0.15) is 16.7 Å². The molecule has 0 saturated heterocycles. The van der Waals surface area contributed by atoms with Gasteiger partial charge in [0.2, 0.25) is 0 Å². The monoisotopic (exact) mass is 415 g/mol. The number of aliphatic imine (C=N–C) groups is 1. The van der Waals surface area contributed by atoms with Gasteiger partial charge in [0.15, 0.2) is 0 Å². The molecule has 3 aromatic carbocycles. The molecule has 30 heavy (non-hydrogen) atoms. The average molecular weight is 416 g/mol. The smallest absolute Gasteiger partial charge is 0.282 e. The van der Waals surface area contributed by atoms with Gasteiger partial charge >= 0.3 is 0 Å². The predicted molar refractivity (Wildman–Crippen MR) is 125 cm³/mol. The third-order valence-electron chi connectivity index (χ3n) is 4.95. The van der Waals surface area contributed by atoms with Gasteiger partial charge in [-0.1, -0.05) is 48.0 Å². The summed E-state index contributed by atoms with van der Waals surface area (Å²) in [6, 6.07) is 23.3. The molecule has 0 bridgehead atoms. The number of hydrogen-bond donors (Lipinski definition) is 0. The summed E-state index contributed by atoms with van der Waals surface area (Å²) in [7, 11) is 3.99. The van der Waals surface area contributed by atoms with Crippen LogP contribution in [0.3, 0.4) is 0 Å². The number of halogens is 1. The molecule has 1 aliphatic rings. The second-order valence-electron chi connectivity index (χ2n) is 7.41. The van der Waals surface area contributed by atoms with Gasteiger partial charge in [0.05, 0.1) is 10.7 Å². The summed E-state index contributed by atoms with van der Waals surface area (Å²) >= 11 is 6.45. The summed E-state index contributed by atoms with van der Waals surface area (Å²) in [5.41, 5.74) is 4.94. The van der Waals surface area contributed by atoms with Crippen molar-refractivity contribution in [2.24, 2.45) is 4.99 Å². The third-order valence-corrected chi connectivity index (χ3v) is 5.28. The van der Waals surface area contributed by atoms with Crippen molar-refractivity contribution >= 4 is 40.8 Å². The number of anilines is 2. The number of aryl methyl sites for hydroxylation is 1. The molecule has 0 atom stereocenters. The van der Waals surface area contributed by atoms with Gasteiger partial charge in [0.25, 0.3) is 5.91 Å². The zero-order chi connectivity index (χ0) is 21.3. The highest BCUT2D eigenvalue weighted by atomic mass is 35.5. The van der Waals surface area contributed by atoms with Crippen LogP contribution < -0.4 is 9.80 Å². The van der Waals surface area contributed by atoms with E-state index < -0.39 is 0 Å². The first-order valence-electron chi connectivity index (χ1n) is 9.68. The Labute approximate surface area is 181 Å². The zero-order valence-electron chi connectivity index (χ0n) is 17.1. The van der Waals surface area contributed by atoms with E-state index in [1.165, 1.54) is 0 Å². The van der Waals surface area contributed by atoms with E-state index in [1.807, 2.05) is 98.7 Å². The van der Waals surface area contributed by atoms with Crippen molar-refractivity contribution in [2.75, 3.05) is 23.9 Å². The number of amides is 1. The van der Waals surface area contributed by atoms with E-state index in [1.54, 1.807) is 11.0 Å². The van der Waals surface area contributed by atoms with Gasteiger partial charge in [-0.05, 0) is 60.5 Å². The van der Waals surface area contributed by atoms with Crippen LogP contribution in [0.15, 0.2) is 83.5 Å². The molecule has 0 unspecified atom stereocenters. The number of nitrogens with zero attached hydrogens (tertiary/aromatic N) is 3. The fraction of sp³-hybridized carbons (Fsp3) is 0.120. The quantitative estimate of drug-likeness (QED) is 0.524. The van der Waals surface area contributed by atoms with Gasteiger partial charge in [-0.25, -0.2) is 4.99 Å². The van der Waals surface area contributed by atoms with Gasteiger partial charge < -0.3 is 4.90 Å². The normalized spacial score (nSPS) is 14.9. The fourth-order valence-corrected chi connectivity index (χ4v) is 3.59. The fourth-order valence-electron chi connectivity index (χ4n) is 3.37. The second-order valence-corrected chi connectivity index (χ2v) is 7.82. The van der Waals surface area contributed by atoms with E-state index in [0.717, 1.165) is 28.1 Å². The van der Waals surface area contributed by atoms with Crippen molar-refractivity contribution < 1.29 is 4.79 Å². The molecule has 3 aromatic rings. The Balaban J connectivity index is 1.81. The lowest BCUT2D eigenvalue weighted by Gasteiger charge is -2.19. The van der Waals surface area contributed by atoms with Crippen LogP contribution in [0.2, 0.25) is 5.02 Å². The van der Waals surface area contributed by atoms with Crippen LogP contribution in [-0.2, 0) is 4.79 Å². The molecule has 0 aromatic heterocycles. The minimum atomic E-state index is -0.174. The van der Waals surface area contributed by atoms with Gasteiger partial charge in [0.1, 0.15) is 11.5 Å². The first-order valence-corrected chi connectivity index (χ1v) is 10.1. The van der Waals surface area contributed by atoms with Gasteiger partial charge in [-0.2, -0.15) is 0 Å². The average Bonchev–Trinajstić information content (AvgIpc) is 3.04. The number of carbonyl (C=O) groups excluding carboxylic acids is 1. The SMILES string of the molecule is Cc1cccc(N2C(=O)/C(=C\c3ccc(N(C)C)cc3)N=C2c2ccccc2Cl)c1. The summed E-state index contributed by atoms with van der Waals surface area (Å²) < 4.78 is 0. The van der Waals surface area contributed by atoms with E-state index in [-0.39, 0.29) is 5.91 Å². The maximum Gasteiger partial charge on any atom is 0.282 e. The molecule has 0 N–H and O–H groups in total. The Morgan fingerprint density at radius 3 is 2.37 bits per heavy atom. The van der Waals surface area contributed by atoms with Gasteiger partial charge in [-0.3, -0.25) is 9.69 Å². The lowest BCUT2D eigenvalue weighted by Crippen LogP contribution is -2.32. The molecule has 1 amide bonds. The molecule has 0 fully saturated rings. The van der Waals surface area contributed by atoms with Crippen LogP contribution >= 0.6 is 11.6 Å². The molecule has 1 aliphatic heterocycles. The summed E-state index contributed by atoms with van der Waals surface area (Å²) in [6.45, 7) is 2.00. The van der Waals surface area contributed by atoms with Crippen molar-refractivity contribution in [1.29, 1.82) is 0 Å². The van der Waals surface area contributed by atoms with Gasteiger partial charge in [-0.15, -0.1) is 0 Å². The predicted octanol–water partition coefficient (Wildman–Crippen LogP) is 5.55. The first-order chi connectivity index (χ1) is 14.4. The minimum Gasteiger partial charge on any atom is -0.378 e. The van der Waals surface area contributed by atoms with Crippen molar-refractivity contribution in [3.8, 4) is 0 Å². The lowest BCUT2D eigenvalue weighted by molar-refractivity contribution is -0.113. The van der Waals surface area contributed by atoms with Crippen LogP contribution in [-0.4, -0.2) is 25.8 Å². The number of benzene rings is 3. The molecule has 4 nitrogen and oxygen atoms in total. The molecule has 5 heteroatoms. The highest BCUT2D eigenvalue weighted by molar-refractivity contribution is 6.39. The van der Waals surface area contributed by atoms with Crippen molar-refractivity contribution in [2.45, 2.75) is 6.92 Å². The second kappa shape index (κ2) is 8.17. The number of hydrogen-bond acceptors (Lipinski definition) is 3. The van der Waals surface area contributed by atoms with E-state index in [2.05, 4.69) is 0 Å². The molecule has 4 rings (SSSR count). The Morgan fingerprint density at radius 2 is 1.70 bits per heavy atom. The van der Waals surface area contributed by atoms with Crippen LogP contribution in [0.5, 0.6) is 0 Å². The number of carbonyl (C=O) groups is 1. The van der Waals surface area contributed by atoms with Crippen LogP contribution in [0.25, 0.3) is 6.08 Å². The maximum atomic E-state index is 13.4. The van der Waals surface area contributed by atoms with Crippen LogP contribution in [0, 0.1) is 6.92 Å². The standard InChI is InChI=1S/C25H22ClN3O/c1-17-7-6-8-20(15-17)29-24(21-9-4-5-10-22(21)26)27-23(25(29)30)16-18-11-13-19(14-12-18)28(2)3/h4-16H,1-3H3/b23-16+. The number of amidine groups is 1. The molecule has 0 radical (unpaired) electrons. The van der Waals surface area contributed by atoms with E-state index in [9.17, 15) is 4.79 Å². The Morgan fingerprint density at radius 1 is 0.967 bits per heavy atom. The highest BCUT2D eigenvalue weighted by Crippen LogP contribution is 2.31. The molecular formula is C25H22ClN3O. The minimum absolute atomic E-state index is 0.174. The van der Waals surface area contributed by atoms with Crippen molar-refractivity contribution in [3.05, 3.63) is 100 Å². The molecular weight excluding hydrogens is 394 g/mol. The van der Waals surface area contributed by atoms with Gasteiger partial charge in [0, 0.05) is 25.3 Å². The Hall–Kier alpha value is -3.37. The summed E-state index contributed by atoms with van der Waals surface area (Å²) in [5.74, 6) is 0.361. The maximum absolute atomic E-state index is 13.4. The highest BCUT2D eigenvalue weighted by Gasteiger charge is 2.33. The molecule has 150 valence electrons. The number of rotatable bonds is 4. The van der Waals surface area contributed by atoms with Crippen molar-refractivity contribution in [3.63, 3.8) is 0 Å². The van der Waals surface area contributed by atoms with E-state index in [4.69, 9.17) is 16.6 Å². The Kier molecular flexibility index (Phi) is 5.42. The molecule has 0 aliphatic carbocycles. The van der Waals surface area contributed by atoms with Crippen LogP contribution in [0.4, 0.5) is 11.4 Å². The molecule has 1 heterocycles. The molecule has 0 saturated carbocycles. The first kappa shape index (κ1) is 19.9. The zero-order valence-corrected chi connectivity index (χ0v) is 17.9. The summed E-state index contributed by atoms with van der Waals surface area (Å²) in [6.07, 6.45) is 1.81. The van der Waals surface area contributed by atoms with Crippen molar-refractivity contribution in [1.82, 2.24) is 0 Å². The summed E-state index contributed by atoms with van der Waals surface area (Å²) in [5, 5.41) is 0.554. The third kappa shape index (κ3) is 3.87. The largest absolute Gasteiger partial charge is 0.378 e. The van der Waals surface area contributed by atoms with E-state index in [0.29, 0.717) is 16.6 Å². The Bertz CT molecular complexity index is 1160. The van der Waals surface area contributed by atoms with E-state index >= 15 is 0 Å².